The number of benzene rings is 2. The summed E-state index contributed by atoms with van der Waals surface area (Å²) in [7, 11) is 1.78. The summed E-state index contributed by atoms with van der Waals surface area (Å²) in [5, 5.41) is 9.73. The molecule has 3 aromatic rings. The zero-order valence-electron chi connectivity index (χ0n) is 16.8. The number of aryl methyl sites for hydroxylation is 1. The number of anilines is 3. The van der Waals surface area contributed by atoms with Crippen LogP contribution >= 0.6 is 0 Å². The molecule has 0 unspecified atom stereocenters. The lowest BCUT2D eigenvalue weighted by atomic mass is 10.2. The first kappa shape index (κ1) is 19.5. The van der Waals surface area contributed by atoms with Crippen LogP contribution in [0, 0.1) is 0 Å². The Labute approximate surface area is 175 Å². The molecular formula is C22H24N6O2. The standard InChI is InChI=1S/C22H24N6O2/c1-26-16-19(15-23-26)24-21(29)17-6-5-7-18(14-17)25-22(30)28-12-10-27(11-13-28)20-8-3-2-4-9-20/h2-9,14-16H,10-13H2,1H3,(H,24,29)(H,25,30). The van der Waals surface area contributed by atoms with E-state index in [-0.39, 0.29) is 11.9 Å². The van der Waals surface area contributed by atoms with Gasteiger partial charge in [-0.15, -0.1) is 0 Å². The summed E-state index contributed by atoms with van der Waals surface area (Å²) >= 11 is 0. The van der Waals surface area contributed by atoms with Crippen LogP contribution < -0.4 is 15.5 Å². The molecule has 1 aliphatic rings. The molecule has 2 heterocycles. The largest absolute Gasteiger partial charge is 0.368 e. The van der Waals surface area contributed by atoms with Gasteiger partial charge < -0.3 is 20.4 Å². The van der Waals surface area contributed by atoms with E-state index in [9.17, 15) is 9.59 Å². The Balaban J connectivity index is 1.33. The van der Waals surface area contributed by atoms with E-state index < -0.39 is 0 Å². The summed E-state index contributed by atoms with van der Waals surface area (Å²) in [4.78, 5) is 29.2. The Morgan fingerprint density at radius 3 is 2.37 bits per heavy atom. The number of carbonyl (C=O) groups excluding carboxylic acids is 2. The van der Waals surface area contributed by atoms with E-state index in [2.05, 4.69) is 32.8 Å². The van der Waals surface area contributed by atoms with Crippen molar-refractivity contribution in [2.24, 2.45) is 7.05 Å². The van der Waals surface area contributed by atoms with Gasteiger partial charge in [-0.25, -0.2) is 4.79 Å². The first-order chi connectivity index (χ1) is 14.6. The van der Waals surface area contributed by atoms with Crippen molar-refractivity contribution in [1.82, 2.24) is 14.7 Å². The molecule has 3 amide bonds. The number of hydrogen-bond acceptors (Lipinski definition) is 4. The molecule has 0 atom stereocenters. The number of urea groups is 1. The molecule has 2 aromatic carbocycles. The van der Waals surface area contributed by atoms with Gasteiger partial charge in [0.25, 0.3) is 5.91 Å². The van der Waals surface area contributed by atoms with Crippen LogP contribution in [0.2, 0.25) is 0 Å². The number of amides is 3. The number of aromatic nitrogens is 2. The molecule has 1 aromatic heterocycles. The number of carbonyl (C=O) groups is 2. The number of rotatable bonds is 4. The second kappa shape index (κ2) is 8.69. The van der Waals surface area contributed by atoms with Crippen LogP contribution in [0.4, 0.5) is 21.9 Å². The van der Waals surface area contributed by atoms with E-state index >= 15 is 0 Å². The molecular weight excluding hydrogens is 380 g/mol. The van der Waals surface area contributed by atoms with E-state index in [1.807, 2.05) is 18.2 Å². The summed E-state index contributed by atoms with van der Waals surface area (Å²) < 4.78 is 1.61. The van der Waals surface area contributed by atoms with Crippen LogP contribution in [0.25, 0.3) is 0 Å². The molecule has 1 saturated heterocycles. The van der Waals surface area contributed by atoms with Gasteiger partial charge in [0, 0.05) is 56.4 Å². The van der Waals surface area contributed by atoms with Crippen LogP contribution in [0.5, 0.6) is 0 Å². The quantitative estimate of drug-likeness (QED) is 0.700. The maximum atomic E-state index is 12.7. The van der Waals surface area contributed by atoms with E-state index in [1.54, 1.807) is 53.3 Å². The van der Waals surface area contributed by atoms with Crippen molar-refractivity contribution in [2.45, 2.75) is 0 Å². The van der Waals surface area contributed by atoms with E-state index in [1.165, 1.54) is 5.69 Å². The molecule has 0 bridgehead atoms. The third-order valence-electron chi connectivity index (χ3n) is 5.03. The maximum Gasteiger partial charge on any atom is 0.321 e. The van der Waals surface area contributed by atoms with Crippen molar-refractivity contribution >= 4 is 29.0 Å². The van der Waals surface area contributed by atoms with Crippen molar-refractivity contribution < 1.29 is 9.59 Å². The van der Waals surface area contributed by atoms with Crippen LogP contribution in [0.15, 0.2) is 67.0 Å². The fourth-order valence-corrected chi connectivity index (χ4v) is 3.44. The van der Waals surface area contributed by atoms with Crippen LogP contribution in [0.1, 0.15) is 10.4 Å². The van der Waals surface area contributed by atoms with Gasteiger partial charge in [0.2, 0.25) is 0 Å². The summed E-state index contributed by atoms with van der Waals surface area (Å²) in [6, 6.07) is 16.9. The summed E-state index contributed by atoms with van der Waals surface area (Å²) in [5.74, 6) is -0.254. The molecule has 2 N–H and O–H groups in total. The summed E-state index contributed by atoms with van der Waals surface area (Å²) in [5.41, 5.74) is 2.84. The highest BCUT2D eigenvalue weighted by atomic mass is 16.2. The first-order valence-corrected chi connectivity index (χ1v) is 9.84. The Kier molecular flexibility index (Phi) is 5.65. The fraction of sp³-hybridized carbons (Fsp3) is 0.227. The van der Waals surface area contributed by atoms with E-state index in [0.717, 1.165) is 13.1 Å². The molecule has 8 heteroatoms. The predicted molar refractivity (Wildman–Crippen MR) is 117 cm³/mol. The van der Waals surface area contributed by atoms with Crippen molar-refractivity contribution in [3.63, 3.8) is 0 Å². The molecule has 0 radical (unpaired) electrons. The van der Waals surface area contributed by atoms with E-state index in [4.69, 9.17) is 0 Å². The zero-order valence-corrected chi connectivity index (χ0v) is 16.8. The third-order valence-corrected chi connectivity index (χ3v) is 5.03. The van der Waals surface area contributed by atoms with Gasteiger partial charge in [-0.1, -0.05) is 24.3 Å². The number of nitrogens with one attached hydrogen (secondary N) is 2. The number of piperazine rings is 1. The lowest BCUT2D eigenvalue weighted by Crippen LogP contribution is -2.50. The minimum Gasteiger partial charge on any atom is -0.368 e. The number of nitrogens with zero attached hydrogens (tertiary/aromatic N) is 4. The monoisotopic (exact) mass is 404 g/mol. The van der Waals surface area contributed by atoms with Crippen LogP contribution in [0.3, 0.4) is 0 Å². The van der Waals surface area contributed by atoms with Gasteiger partial charge in [0.1, 0.15) is 0 Å². The topological polar surface area (TPSA) is 82.5 Å². The van der Waals surface area contributed by atoms with Crippen molar-refractivity contribution in [1.29, 1.82) is 0 Å². The molecule has 30 heavy (non-hydrogen) atoms. The van der Waals surface area contributed by atoms with Gasteiger partial charge in [-0.05, 0) is 30.3 Å². The second-order valence-corrected chi connectivity index (χ2v) is 7.18. The lowest BCUT2D eigenvalue weighted by molar-refractivity contribution is 0.102. The van der Waals surface area contributed by atoms with Gasteiger partial charge in [0.15, 0.2) is 0 Å². The van der Waals surface area contributed by atoms with Gasteiger partial charge in [-0.3, -0.25) is 9.48 Å². The molecule has 1 fully saturated rings. The SMILES string of the molecule is Cn1cc(NC(=O)c2cccc(NC(=O)N3CCN(c4ccccc4)CC3)c2)cn1. The highest BCUT2D eigenvalue weighted by Crippen LogP contribution is 2.17. The average molecular weight is 404 g/mol. The Hall–Kier alpha value is -3.81. The minimum absolute atomic E-state index is 0.160. The summed E-state index contributed by atoms with van der Waals surface area (Å²) in [6.45, 7) is 2.85. The van der Waals surface area contributed by atoms with Crippen molar-refractivity contribution in [3.05, 3.63) is 72.6 Å². The zero-order chi connectivity index (χ0) is 20.9. The maximum absolute atomic E-state index is 12.7. The highest BCUT2D eigenvalue weighted by molar-refractivity contribution is 6.05. The number of para-hydroxylation sites is 1. The Bertz CT molecular complexity index is 1020. The average Bonchev–Trinajstić information content (AvgIpc) is 3.19. The fourth-order valence-electron chi connectivity index (χ4n) is 3.44. The molecule has 0 aliphatic carbocycles. The molecule has 0 spiro atoms. The Morgan fingerprint density at radius 1 is 0.900 bits per heavy atom. The van der Waals surface area contributed by atoms with Crippen LogP contribution in [-0.2, 0) is 7.05 Å². The molecule has 154 valence electrons. The Morgan fingerprint density at radius 2 is 1.67 bits per heavy atom. The molecule has 1 aliphatic heterocycles. The lowest BCUT2D eigenvalue weighted by Gasteiger charge is -2.36. The third kappa shape index (κ3) is 4.60. The normalized spacial score (nSPS) is 13.8. The summed E-state index contributed by atoms with van der Waals surface area (Å²) in [6.07, 6.45) is 3.30. The van der Waals surface area contributed by atoms with Crippen molar-refractivity contribution in [2.75, 3.05) is 41.7 Å². The number of hydrogen-bond donors (Lipinski definition) is 2. The molecule has 4 rings (SSSR count). The van der Waals surface area contributed by atoms with Crippen molar-refractivity contribution in [3.8, 4) is 0 Å². The minimum atomic E-state index is -0.254. The smallest absolute Gasteiger partial charge is 0.321 e. The van der Waals surface area contributed by atoms with Gasteiger partial charge >= 0.3 is 6.03 Å². The highest BCUT2D eigenvalue weighted by Gasteiger charge is 2.21. The second-order valence-electron chi connectivity index (χ2n) is 7.18. The van der Waals surface area contributed by atoms with Crippen LogP contribution in [-0.4, -0.2) is 52.8 Å². The van der Waals surface area contributed by atoms with Gasteiger partial charge in [-0.2, -0.15) is 5.10 Å². The predicted octanol–water partition coefficient (Wildman–Crippen LogP) is 3.03. The molecule has 8 nitrogen and oxygen atoms in total. The first-order valence-electron chi connectivity index (χ1n) is 9.84. The van der Waals surface area contributed by atoms with Gasteiger partial charge in [0.05, 0.1) is 11.9 Å². The van der Waals surface area contributed by atoms with E-state index in [0.29, 0.717) is 30.0 Å². The molecule has 0 saturated carbocycles.